The van der Waals surface area contributed by atoms with Gasteiger partial charge >= 0.3 is 0 Å². The van der Waals surface area contributed by atoms with Crippen molar-refractivity contribution in [1.29, 1.82) is 5.26 Å². The number of hydrogen-bond acceptors (Lipinski definition) is 4. The van der Waals surface area contributed by atoms with Gasteiger partial charge in [-0.2, -0.15) is 5.26 Å². The lowest BCUT2D eigenvalue weighted by atomic mass is 10.2. The Morgan fingerprint density at radius 2 is 1.91 bits per heavy atom. The second kappa shape index (κ2) is 7.62. The third-order valence-corrected chi connectivity index (χ3v) is 3.84. The smallest absolute Gasteiger partial charge is 0.267 e. The summed E-state index contributed by atoms with van der Waals surface area (Å²) in [5.41, 5.74) is 1.97. The number of piperazine rings is 1. The van der Waals surface area contributed by atoms with Crippen LogP contribution in [-0.2, 0) is 4.79 Å². The number of rotatable bonds is 4. The zero-order valence-corrected chi connectivity index (χ0v) is 13.2. The van der Waals surface area contributed by atoms with Gasteiger partial charge in [0.2, 0.25) is 0 Å². The highest BCUT2D eigenvalue weighted by Crippen LogP contribution is 2.11. The third kappa shape index (κ3) is 4.34. The maximum Gasteiger partial charge on any atom is 0.267 e. The van der Waals surface area contributed by atoms with E-state index in [1.54, 1.807) is 6.20 Å². The second-order valence-electron chi connectivity index (χ2n) is 5.44. The lowest BCUT2D eigenvalue weighted by molar-refractivity contribution is -0.112. The molecule has 5 heteroatoms. The Morgan fingerprint density at radius 3 is 2.45 bits per heavy atom. The molecule has 0 atom stereocenters. The fourth-order valence-corrected chi connectivity index (χ4v) is 2.36. The number of hydrogen-bond donors (Lipinski definition) is 1. The number of nitrogens with zero attached hydrogens (tertiary/aromatic N) is 3. The van der Waals surface area contributed by atoms with Crippen molar-refractivity contribution in [2.45, 2.75) is 13.8 Å². The quantitative estimate of drug-likeness (QED) is 0.682. The molecule has 0 aromatic heterocycles. The molecule has 1 aromatic rings. The van der Waals surface area contributed by atoms with Gasteiger partial charge in [0.05, 0.1) is 0 Å². The first-order valence-electron chi connectivity index (χ1n) is 7.58. The predicted molar refractivity (Wildman–Crippen MR) is 87.2 cm³/mol. The van der Waals surface area contributed by atoms with E-state index in [9.17, 15) is 10.1 Å². The molecule has 0 aliphatic carbocycles. The van der Waals surface area contributed by atoms with Gasteiger partial charge in [-0.05, 0) is 25.6 Å². The number of carbonyl (C=O) groups excluding carboxylic acids is 1. The van der Waals surface area contributed by atoms with Gasteiger partial charge in [-0.25, -0.2) is 0 Å². The molecule has 2 rings (SSSR count). The van der Waals surface area contributed by atoms with Gasteiger partial charge in [0.25, 0.3) is 5.91 Å². The Balaban J connectivity index is 1.98. The summed E-state index contributed by atoms with van der Waals surface area (Å²) in [5, 5.41) is 12.0. The molecule has 1 aliphatic rings. The van der Waals surface area contributed by atoms with Crippen LogP contribution in [0.25, 0.3) is 0 Å². The second-order valence-corrected chi connectivity index (χ2v) is 5.44. The minimum absolute atomic E-state index is 0.144. The van der Waals surface area contributed by atoms with Crippen LogP contribution in [0.5, 0.6) is 0 Å². The van der Waals surface area contributed by atoms with Gasteiger partial charge in [-0.15, -0.1) is 0 Å². The standard InChI is InChI=1S/C17H22N4O/c1-3-20-8-10-21(11-9-20)13-15(12-18)17(22)19-16-6-4-14(2)5-7-16/h4-7,13H,3,8-11H2,1-2H3,(H,19,22)/b15-13-. The molecular formula is C17H22N4O. The van der Waals surface area contributed by atoms with Crippen molar-refractivity contribution < 1.29 is 4.79 Å². The number of amides is 1. The lowest BCUT2D eigenvalue weighted by Crippen LogP contribution is -2.44. The van der Waals surface area contributed by atoms with Crippen molar-refractivity contribution in [3.05, 3.63) is 41.6 Å². The van der Waals surface area contributed by atoms with E-state index in [0.29, 0.717) is 5.69 Å². The van der Waals surface area contributed by atoms with E-state index in [4.69, 9.17) is 0 Å². The fourth-order valence-electron chi connectivity index (χ4n) is 2.36. The fraction of sp³-hybridized carbons (Fsp3) is 0.412. The maximum absolute atomic E-state index is 12.2. The van der Waals surface area contributed by atoms with Gasteiger partial charge in [0, 0.05) is 38.1 Å². The average molecular weight is 298 g/mol. The highest BCUT2D eigenvalue weighted by atomic mass is 16.1. The zero-order chi connectivity index (χ0) is 15.9. The maximum atomic E-state index is 12.2. The van der Waals surface area contributed by atoms with Crippen molar-refractivity contribution >= 4 is 11.6 Å². The van der Waals surface area contributed by atoms with E-state index in [1.165, 1.54) is 0 Å². The van der Waals surface area contributed by atoms with E-state index in [2.05, 4.69) is 17.1 Å². The van der Waals surface area contributed by atoms with Gasteiger partial charge in [0.1, 0.15) is 11.6 Å². The number of anilines is 1. The molecule has 0 spiro atoms. The molecule has 1 aromatic carbocycles. The van der Waals surface area contributed by atoms with Crippen molar-refractivity contribution in [2.24, 2.45) is 0 Å². The molecule has 1 saturated heterocycles. The Labute approximate surface area is 131 Å². The summed E-state index contributed by atoms with van der Waals surface area (Å²) in [6.45, 7) is 8.78. The molecule has 5 nitrogen and oxygen atoms in total. The molecule has 1 heterocycles. The van der Waals surface area contributed by atoms with Crippen LogP contribution in [0.1, 0.15) is 12.5 Å². The van der Waals surface area contributed by atoms with Crippen LogP contribution in [0.2, 0.25) is 0 Å². The molecule has 1 amide bonds. The lowest BCUT2D eigenvalue weighted by Gasteiger charge is -2.33. The van der Waals surface area contributed by atoms with Crippen LogP contribution in [0.15, 0.2) is 36.0 Å². The van der Waals surface area contributed by atoms with Gasteiger partial charge in [-0.1, -0.05) is 24.6 Å². The number of nitrogens with one attached hydrogen (secondary N) is 1. The van der Waals surface area contributed by atoms with E-state index in [1.807, 2.05) is 42.2 Å². The Morgan fingerprint density at radius 1 is 1.27 bits per heavy atom. The Hall–Kier alpha value is -2.32. The summed E-state index contributed by atoms with van der Waals surface area (Å²) in [5.74, 6) is -0.357. The summed E-state index contributed by atoms with van der Waals surface area (Å²) in [7, 11) is 0. The van der Waals surface area contributed by atoms with Crippen LogP contribution in [0.3, 0.4) is 0 Å². The van der Waals surface area contributed by atoms with Crippen molar-refractivity contribution in [3.8, 4) is 6.07 Å². The zero-order valence-electron chi connectivity index (χ0n) is 13.2. The van der Waals surface area contributed by atoms with Gasteiger partial charge in [0.15, 0.2) is 0 Å². The number of likely N-dealkylation sites (N-methyl/N-ethyl adjacent to an activating group) is 1. The van der Waals surface area contributed by atoms with Crippen molar-refractivity contribution in [1.82, 2.24) is 9.80 Å². The minimum Gasteiger partial charge on any atom is -0.374 e. The van der Waals surface area contributed by atoms with Crippen LogP contribution < -0.4 is 5.32 Å². The third-order valence-electron chi connectivity index (χ3n) is 3.84. The normalized spacial score (nSPS) is 16.2. The topological polar surface area (TPSA) is 59.4 Å². The van der Waals surface area contributed by atoms with Crippen LogP contribution in [0, 0.1) is 18.3 Å². The van der Waals surface area contributed by atoms with Gasteiger partial charge < -0.3 is 15.1 Å². The molecular weight excluding hydrogens is 276 g/mol. The van der Waals surface area contributed by atoms with Crippen LogP contribution in [-0.4, -0.2) is 48.4 Å². The Bertz CT molecular complexity index is 578. The van der Waals surface area contributed by atoms with Crippen LogP contribution in [0.4, 0.5) is 5.69 Å². The SMILES string of the molecule is CCN1CCN(/C=C(/C#N)C(=O)Nc2ccc(C)cc2)CC1. The number of carbonyl (C=O) groups is 1. The monoisotopic (exact) mass is 298 g/mol. The molecule has 22 heavy (non-hydrogen) atoms. The largest absolute Gasteiger partial charge is 0.374 e. The Kier molecular flexibility index (Phi) is 5.56. The van der Waals surface area contributed by atoms with E-state index in [0.717, 1.165) is 38.3 Å². The predicted octanol–water partition coefficient (Wildman–Crippen LogP) is 1.98. The van der Waals surface area contributed by atoms with Gasteiger partial charge in [-0.3, -0.25) is 4.79 Å². The molecule has 0 unspecified atom stereocenters. The molecule has 1 fully saturated rings. The van der Waals surface area contributed by atoms with E-state index in [-0.39, 0.29) is 11.5 Å². The highest BCUT2D eigenvalue weighted by molar-refractivity contribution is 6.06. The highest BCUT2D eigenvalue weighted by Gasteiger charge is 2.16. The molecule has 0 bridgehead atoms. The van der Waals surface area contributed by atoms with E-state index >= 15 is 0 Å². The molecule has 0 saturated carbocycles. The summed E-state index contributed by atoms with van der Waals surface area (Å²) < 4.78 is 0. The summed E-state index contributed by atoms with van der Waals surface area (Å²) in [6.07, 6.45) is 1.68. The molecule has 1 aliphatic heterocycles. The first-order chi connectivity index (χ1) is 10.6. The summed E-state index contributed by atoms with van der Waals surface area (Å²) >= 11 is 0. The minimum atomic E-state index is -0.357. The molecule has 116 valence electrons. The first kappa shape index (κ1) is 16.1. The van der Waals surface area contributed by atoms with Crippen molar-refractivity contribution in [3.63, 3.8) is 0 Å². The summed E-state index contributed by atoms with van der Waals surface area (Å²) in [4.78, 5) is 16.6. The van der Waals surface area contributed by atoms with E-state index < -0.39 is 0 Å². The first-order valence-corrected chi connectivity index (χ1v) is 7.58. The number of nitriles is 1. The number of benzene rings is 1. The molecule has 0 radical (unpaired) electrons. The summed E-state index contributed by atoms with van der Waals surface area (Å²) in [6, 6.07) is 9.52. The molecule has 1 N–H and O–H groups in total. The van der Waals surface area contributed by atoms with Crippen LogP contribution >= 0.6 is 0 Å². The number of aryl methyl sites for hydroxylation is 1. The average Bonchev–Trinajstić information content (AvgIpc) is 2.55. The van der Waals surface area contributed by atoms with Crippen molar-refractivity contribution in [2.75, 3.05) is 38.0 Å².